The molecule has 0 radical (unpaired) electrons. The third-order valence-electron chi connectivity index (χ3n) is 2.33. The maximum absolute atomic E-state index is 11.8. The van der Waals surface area contributed by atoms with E-state index in [4.69, 9.17) is 0 Å². The Morgan fingerprint density at radius 2 is 2.38 bits per heavy atom. The lowest BCUT2D eigenvalue weighted by molar-refractivity contribution is 0.788. The summed E-state index contributed by atoms with van der Waals surface area (Å²) in [4.78, 5) is 20.0. The van der Waals surface area contributed by atoms with E-state index in [1.807, 2.05) is 31.5 Å². The van der Waals surface area contributed by atoms with Gasteiger partial charge < -0.3 is 10.3 Å². The monoisotopic (exact) mass is 235 g/mol. The zero-order valence-electron chi connectivity index (χ0n) is 9.20. The van der Waals surface area contributed by atoms with Gasteiger partial charge in [-0.15, -0.1) is 11.3 Å². The zero-order valence-corrected chi connectivity index (χ0v) is 10.0. The molecule has 2 N–H and O–H groups in total. The second kappa shape index (κ2) is 4.59. The van der Waals surface area contributed by atoms with Gasteiger partial charge in [-0.3, -0.25) is 4.79 Å². The highest BCUT2D eigenvalue weighted by Crippen LogP contribution is 2.20. The molecule has 0 aliphatic rings. The van der Waals surface area contributed by atoms with Gasteiger partial charge in [0, 0.05) is 12.2 Å². The molecule has 5 heteroatoms. The fraction of sp³-hybridized carbons (Fsp3) is 0.273. The van der Waals surface area contributed by atoms with Crippen molar-refractivity contribution >= 4 is 11.3 Å². The minimum Gasteiger partial charge on any atom is -0.315 e. The molecule has 2 aromatic heterocycles. The van der Waals surface area contributed by atoms with E-state index in [1.54, 1.807) is 11.3 Å². The molecule has 0 aromatic carbocycles. The van der Waals surface area contributed by atoms with Gasteiger partial charge in [-0.2, -0.15) is 0 Å². The van der Waals surface area contributed by atoms with Crippen molar-refractivity contribution in [2.24, 2.45) is 0 Å². The predicted octanol–water partition coefficient (Wildman–Crippen LogP) is 1.53. The van der Waals surface area contributed by atoms with Gasteiger partial charge in [0.1, 0.15) is 5.82 Å². The predicted molar refractivity (Wildman–Crippen MR) is 65.7 cm³/mol. The Kier molecular flexibility index (Phi) is 3.17. The maximum Gasteiger partial charge on any atom is 0.255 e. The van der Waals surface area contributed by atoms with Crippen LogP contribution < -0.4 is 10.9 Å². The van der Waals surface area contributed by atoms with Crippen LogP contribution >= 0.6 is 11.3 Å². The standard InChI is InChI=1S/C11H13N3OS/c1-7-8(6-12-2)11(15)14-10(13-7)9-4-3-5-16-9/h3-5,12H,6H2,1-2H3,(H,13,14,15). The van der Waals surface area contributed by atoms with Crippen LogP contribution in [-0.2, 0) is 6.54 Å². The Bertz CT molecular complexity index is 531. The number of nitrogens with zero attached hydrogens (tertiary/aromatic N) is 1. The van der Waals surface area contributed by atoms with Gasteiger partial charge in [-0.05, 0) is 25.4 Å². The highest BCUT2D eigenvalue weighted by Gasteiger charge is 2.08. The van der Waals surface area contributed by atoms with Crippen LogP contribution in [0.25, 0.3) is 10.7 Å². The van der Waals surface area contributed by atoms with Crippen molar-refractivity contribution in [1.29, 1.82) is 0 Å². The molecule has 0 saturated carbocycles. The number of thiophene rings is 1. The van der Waals surface area contributed by atoms with Crippen molar-refractivity contribution in [3.05, 3.63) is 39.1 Å². The molecule has 84 valence electrons. The fourth-order valence-corrected chi connectivity index (χ4v) is 2.19. The summed E-state index contributed by atoms with van der Waals surface area (Å²) in [5, 5.41) is 4.93. The lowest BCUT2D eigenvalue weighted by atomic mass is 10.2. The van der Waals surface area contributed by atoms with E-state index >= 15 is 0 Å². The summed E-state index contributed by atoms with van der Waals surface area (Å²) < 4.78 is 0. The van der Waals surface area contributed by atoms with E-state index in [0.717, 1.165) is 10.6 Å². The molecule has 0 atom stereocenters. The number of H-pyrrole nitrogens is 1. The van der Waals surface area contributed by atoms with Crippen molar-refractivity contribution in [2.75, 3.05) is 7.05 Å². The van der Waals surface area contributed by atoms with E-state index in [2.05, 4.69) is 15.3 Å². The molecule has 16 heavy (non-hydrogen) atoms. The first-order valence-electron chi connectivity index (χ1n) is 5.00. The van der Waals surface area contributed by atoms with Crippen molar-refractivity contribution in [3.63, 3.8) is 0 Å². The number of hydrogen-bond donors (Lipinski definition) is 2. The fourth-order valence-electron chi connectivity index (χ4n) is 1.53. The molecule has 4 nitrogen and oxygen atoms in total. The Hall–Kier alpha value is -1.46. The zero-order chi connectivity index (χ0) is 11.5. The lowest BCUT2D eigenvalue weighted by Gasteiger charge is -2.05. The molecule has 0 amide bonds. The highest BCUT2D eigenvalue weighted by atomic mass is 32.1. The summed E-state index contributed by atoms with van der Waals surface area (Å²) in [6, 6.07) is 3.89. The Morgan fingerprint density at radius 3 is 2.94 bits per heavy atom. The summed E-state index contributed by atoms with van der Waals surface area (Å²) in [6.45, 7) is 2.40. The molecular weight excluding hydrogens is 222 g/mol. The number of rotatable bonds is 3. The summed E-state index contributed by atoms with van der Waals surface area (Å²) in [6.07, 6.45) is 0. The van der Waals surface area contributed by atoms with Gasteiger partial charge in [-0.25, -0.2) is 4.98 Å². The van der Waals surface area contributed by atoms with Gasteiger partial charge in [0.05, 0.1) is 10.4 Å². The molecule has 0 bridgehead atoms. The summed E-state index contributed by atoms with van der Waals surface area (Å²) >= 11 is 1.56. The smallest absolute Gasteiger partial charge is 0.255 e. The summed E-state index contributed by atoms with van der Waals surface area (Å²) in [5.41, 5.74) is 1.41. The van der Waals surface area contributed by atoms with E-state index in [9.17, 15) is 4.79 Å². The van der Waals surface area contributed by atoms with E-state index in [-0.39, 0.29) is 5.56 Å². The molecule has 2 heterocycles. The van der Waals surface area contributed by atoms with Crippen molar-refractivity contribution in [2.45, 2.75) is 13.5 Å². The van der Waals surface area contributed by atoms with Crippen LogP contribution in [0, 0.1) is 6.92 Å². The molecule has 0 aliphatic heterocycles. The van der Waals surface area contributed by atoms with Crippen LogP contribution in [0.15, 0.2) is 22.3 Å². The van der Waals surface area contributed by atoms with Gasteiger partial charge in [0.25, 0.3) is 5.56 Å². The Labute approximate surface area is 97.4 Å². The van der Waals surface area contributed by atoms with Crippen molar-refractivity contribution in [1.82, 2.24) is 15.3 Å². The molecule has 0 saturated heterocycles. The van der Waals surface area contributed by atoms with Gasteiger partial charge >= 0.3 is 0 Å². The quantitative estimate of drug-likeness (QED) is 0.848. The van der Waals surface area contributed by atoms with E-state index < -0.39 is 0 Å². The molecule has 0 fully saturated rings. The number of aromatic nitrogens is 2. The first kappa shape index (κ1) is 11.0. The topological polar surface area (TPSA) is 57.8 Å². The van der Waals surface area contributed by atoms with Crippen molar-refractivity contribution < 1.29 is 0 Å². The maximum atomic E-state index is 11.8. The molecule has 2 rings (SSSR count). The number of aryl methyl sites for hydroxylation is 1. The van der Waals surface area contributed by atoms with Crippen LogP contribution in [0.4, 0.5) is 0 Å². The SMILES string of the molecule is CNCc1c(C)nc(-c2cccs2)[nH]c1=O. The largest absolute Gasteiger partial charge is 0.315 e. The third-order valence-corrected chi connectivity index (χ3v) is 3.21. The average Bonchev–Trinajstić information content (AvgIpc) is 2.76. The van der Waals surface area contributed by atoms with Crippen LogP contribution in [0.1, 0.15) is 11.3 Å². The lowest BCUT2D eigenvalue weighted by Crippen LogP contribution is -2.21. The van der Waals surface area contributed by atoms with E-state index in [0.29, 0.717) is 17.9 Å². The van der Waals surface area contributed by atoms with E-state index in [1.165, 1.54) is 0 Å². The van der Waals surface area contributed by atoms with Crippen LogP contribution in [0.3, 0.4) is 0 Å². The first-order valence-corrected chi connectivity index (χ1v) is 5.88. The Morgan fingerprint density at radius 1 is 1.56 bits per heavy atom. The van der Waals surface area contributed by atoms with Crippen LogP contribution in [0.5, 0.6) is 0 Å². The summed E-state index contributed by atoms with van der Waals surface area (Å²) in [7, 11) is 1.81. The van der Waals surface area contributed by atoms with Gasteiger partial charge in [0.2, 0.25) is 0 Å². The minimum atomic E-state index is -0.0646. The second-order valence-electron chi connectivity index (χ2n) is 3.49. The molecule has 0 spiro atoms. The number of hydrogen-bond acceptors (Lipinski definition) is 4. The van der Waals surface area contributed by atoms with Gasteiger partial charge in [-0.1, -0.05) is 6.07 Å². The van der Waals surface area contributed by atoms with Crippen LogP contribution in [-0.4, -0.2) is 17.0 Å². The summed E-state index contributed by atoms with van der Waals surface area (Å²) in [5.74, 6) is 0.650. The normalized spacial score (nSPS) is 10.6. The second-order valence-corrected chi connectivity index (χ2v) is 4.43. The molecule has 0 unspecified atom stereocenters. The third kappa shape index (κ3) is 2.05. The van der Waals surface area contributed by atoms with Crippen molar-refractivity contribution in [3.8, 4) is 10.7 Å². The number of nitrogens with one attached hydrogen (secondary N) is 2. The molecule has 2 aromatic rings. The molecule has 0 aliphatic carbocycles. The van der Waals surface area contributed by atoms with Crippen LogP contribution in [0.2, 0.25) is 0 Å². The average molecular weight is 235 g/mol. The first-order chi connectivity index (χ1) is 7.72. The minimum absolute atomic E-state index is 0.0646. The number of aromatic amines is 1. The molecular formula is C11H13N3OS. The highest BCUT2D eigenvalue weighted by molar-refractivity contribution is 7.13. The Balaban J connectivity index is 2.49. The van der Waals surface area contributed by atoms with Gasteiger partial charge in [0.15, 0.2) is 0 Å².